The lowest BCUT2D eigenvalue weighted by Gasteiger charge is -2.14. The van der Waals surface area contributed by atoms with Crippen molar-refractivity contribution < 1.29 is 13.7 Å². The second kappa shape index (κ2) is 6.46. The fourth-order valence-corrected chi connectivity index (χ4v) is 3.57. The molecule has 2 heterocycles. The van der Waals surface area contributed by atoms with E-state index in [1.54, 1.807) is 12.1 Å². The number of amides is 1. The number of nitrogens with two attached hydrogens (primary N) is 1. The van der Waals surface area contributed by atoms with Gasteiger partial charge in [0.1, 0.15) is 11.9 Å². The minimum atomic E-state index is -0.592. The molecule has 0 saturated carbocycles. The zero-order valence-electron chi connectivity index (χ0n) is 15.0. The van der Waals surface area contributed by atoms with Crippen molar-refractivity contribution in [2.24, 2.45) is 10.7 Å². The lowest BCUT2D eigenvalue weighted by Crippen LogP contribution is -2.15. The van der Waals surface area contributed by atoms with E-state index in [1.165, 1.54) is 12.1 Å². The number of nitrogens with zero attached hydrogens (tertiary/aromatic N) is 2. The van der Waals surface area contributed by atoms with Gasteiger partial charge in [0.05, 0.1) is 23.4 Å². The monoisotopic (exact) mass is 363 g/mol. The summed E-state index contributed by atoms with van der Waals surface area (Å²) in [6.07, 6.45) is -0.000631. The van der Waals surface area contributed by atoms with E-state index in [4.69, 9.17) is 15.2 Å². The number of aliphatic imine (C=N–C) groups is 1. The van der Waals surface area contributed by atoms with Crippen LogP contribution < -0.4 is 5.73 Å². The number of halogens is 1. The Bertz CT molecular complexity index is 1070. The Labute approximate surface area is 155 Å². The molecule has 27 heavy (non-hydrogen) atoms. The van der Waals surface area contributed by atoms with Gasteiger partial charge < -0.3 is 10.3 Å². The minimum absolute atomic E-state index is 0.000631. The highest BCUT2D eigenvalue weighted by Gasteiger charge is 2.31. The van der Waals surface area contributed by atoms with Gasteiger partial charge in [0.2, 0.25) is 5.91 Å². The van der Waals surface area contributed by atoms with Gasteiger partial charge in [-0.05, 0) is 49.2 Å². The minimum Gasteiger partial charge on any atom is -0.370 e. The largest absolute Gasteiger partial charge is 0.370 e. The number of aryl methyl sites for hydroxylation is 2. The molecule has 0 saturated heterocycles. The smallest absolute Gasteiger partial charge is 0.220 e. The van der Waals surface area contributed by atoms with E-state index in [0.29, 0.717) is 11.5 Å². The lowest BCUT2D eigenvalue weighted by molar-refractivity contribution is -0.118. The van der Waals surface area contributed by atoms with Crippen LogP contribution in [0.1, 0.15) is 40.6 Å². The summed E-state index contributed by atoms with van der Waals surface area (Å²) < 4.78 is 19.0. The Balaban J connectivity index is 2.04. The molecule has 0 radical (unpaired) electrons. The standard InChI is InChI=1S/C21H18FN3O2/c1-11-4-3-5-15-18(11)20(13-6-8-14(22)9-7-13)24-16(10-17(23)26)21-19(15)12(2)25-27-21/h3-9,16H,10H2,1-2H3,(H2,23,26)/t16-/m0/s1. The van der Waals surface area contributed by atoms with Gasteiger partial charge in [-0.15, -0.1) is 0 Å². The molecule has 3 aromatic rings. The van der Waals surface area contributed by atoms with E-state index < -0.39 is 11.9 Å². The molecule has 0 unspecified atom stereocenters. The van der Waals surface area contributed by atoms with Gasteiger partial charge in [-0.3, -0.25) is 9.79 Å². The van der Waals surface area contributed by atoms with E-state index in [9.17, 15) is 9.18 Å². The van der Waals surface area contributed by atoms with Crippen LogP contribution in [0.15, 0.2) is 52.0 Å². The summed E-state index contributed by atoms with van der Waals surface area (Å²) in [6.45, 7) is 3.85. The molecule has 1 atom stereocenters. The molecule has 0 fully saturated rings. The highest BCUT2D eigenvalue weighted by molar-refractivity contribution is 6.18. The molecule has 0 bridgehead atoms. The molecule has 1 aliphatic rings. The first-order chi connectivity index (χ1) is 13.0. The number of carbonyl (C=O) groups excluding carboxylic acids is 1. The number of hydrogen-bond acceptors (Lipinski definition) is 4. The van der Waals surface area contributed by atoms with Crippen molar-refractivity contribution in [3.8, 4) is 11.1 Å². The molecule has 5 nitrogen and oxygen atoms in total. The Morgan fingerprint density at radius 2 is 1.89 bits per heavy atom. The quantitative estimate of drug-likeness (QED) is 0.767. The molecular formula is C21H18FN3O2. The second-order valence-electron chi connectivity index (χ2n) is 6.68. The molecule has 4 rings (SSSR count). The highest BCUT2D eigenvalue weighted by atomic mass is 19.1. The molecular weight excluding hydrogens is 345 g/mol. The van der Waals surface area contributed by atoms with Crippen LogP contribution in [0.2, 0.25) is 0 Å². The van der Waals surface area contributed by atoms with Crippen LogP contribution in [0.5, 0.6) is 0 Å². The SMILES string of the molecule is Cc1cccc2c1C(c1ccc(F)cc1)=N[C@@H](CC(N)=O)c1onc(C)c1-2. The number of aromatic nitrogens is 1. The zero-order valence-corrected chi connectivity index (χ0v) is 15.0. The van der Waals surface area contributed by atoms with Gasteiger partial charge >= 0.3 is 0 Å². The molecule has 0 aliphatic carbocycles. The molecule has 1 amide bonds. The number of hydrogen-bond donors (Lipinski definition) is 1. The topological polar surface area (TPSA) is 81.5 Å². The third-order valence-electron chi connectivity index (χ3n) is 4.77. The summed E-state index contributed by atoms with van der Waals surface area (Å²) in [6, 6.07) is 11.5. The molecule has 1 aliphatic heterocycles. The van der Waals surface area contributed by atoms with Crippen molar-refractivity contribution in [2.45, 2.75) is 26.3 Å². The lowest BCUT2D eigenvalue weighted by atomic mass is 9.90. The van der Waals surface area contributed by atoms with Crippen LogP contribution in [-0.4, -0.2) is 16.8 Å². The Kier molecular flexibility index (Phi) is 4.11. The average molecular weight is 363 g/mol. The maximum Gasteiger partial charge on any atom is 0.220 e. The summed E-state index contributed by atoms with van der Waals surface area (Å²) in [5.41, 5.74) is 11.3. The fraction of sp³-hybridized carbons (Fsp3) is 0.190. The summed E-state index contributed by atoms with van der Waals surface area (Å²) in [5.74, 6) is -0.279. The number of rotatable bonds is 3. The van der Waals surface area contributed by atoms with Crippen molar-refractivity contribution >= 4 is 11.6 Å². The second-order valence-corrected chi connectivity index (χ2v) is 6.68. The van der Waals surface area contributed by atoms with E-state index in [1.807, 2.05) is 32.0 Å². The van der Waals surface area contributed by atoms with Crippen molar-refractivity contribution in [2.75, 3.05) is 0 Å². The summed E-state index contributed by atoms with van der Waals surface area (Å²) >= 11 is 0. The van der Waals surface area contributed by atoms with Gasteiger partial charge in [0.15, 0.2) is 5.76 Å². The van der Waals surface area contributed by atoms with Crippen LogP contribution in [0.3, 0.4) is 0 Å². The van der Waals surface area contributed by atoms with Crippen molar-refractivity contribution in [1.82, 2.24) is 5.16 Å². The number of fused-ring (bicyclic) bond motifs is 3. The summed E-state index contributed by atoms with van der Waals surface area (Å²) in [4.78, 5) is 16.5. The first-order valence-corrected chi connectivity index (χ1v) is 8.64. The molecule has 136 valence electrons. The Hall–Kier alpha value is -3.28. The molecule has 0 spiro atoms. The molecule has 2 N–H and O–H groups in total. The van der Waals surface area contributed by atoms with Gasteiger partial charge in [-0.2, -0.15) is 0 Å². The van der Waals surface area contributed by atoms with E-state index in [-0.39, 0.29) is 12.2 Å². The first kappa shape index (κ1) is 17.1. The fourth-order valence-electron chi connectivity index (χ4n) is 3.57. The predicted molar refractivity (Wildman–Crippen MR) is 100 cm³/mol. The number of primary amides is 1. The van der Waals surface area contributed by atoms with Gasteiger partial charge in [-0.25, -0.2) is 4.39 Å². The van der Waals surface area contributed by atoms with Crippen molar-refractivity contribution in [1.29, 1.82) is 0 Å². The van der Waals surface area contributed by atoms with Gasteiger partial charge in [-0.1, -0.05) is 23.4 Å². The van der Waals surface area contributed by atoms with Crippen LogP contribution in [-0.2, 0) is 4.79 Å². The Morgan fingerprint density at radius 3 is 2.59 bits per heavy atom. The van der Waals surface area contributed by atoms with Crippen LogP contribution in [0.4, 0.5) is 4.39 Å². The van der Waals surface area contributed by atoms with Crippen molar-refractivity contribution in [3.63, 3.8) is 0 Å². The van der Waals surface area contributed by atoms with E-state index in [2.05, 4.69) is 5.16 Å². The first-order valence-electron chi connectivity index (χ1n) is 8.64. The normalized spacial score (nSPS) is 15.5. The zero-order chi connectivity index (χ0) is 19.1. The molecule has 2 aromatic carbocycles. The van der Waals surface area contributed by atoms with E-state index >= 15 is 0 Å². The third kappa shape index (κ3) is 2.93. The summed E-state index contributed by atoms with van der Waals surface area (Å²) in [7, 11) is 0. The predicted octanol–water partition coefficient (Wildman–Crippen LogP) is 3.87. The maximum absolute atomic E-state index is 13.5. The highest BCUT2D eigenvalue weighted by Crippen LogP contribution is 2.41. The van der Waals surface area contributed by atoms with Gasteiger partial charge in [0, 0.05) is 11.1 Å². The van der Waals surface area contributed by atoms with Gasteiger partial charge in [0.25, 0.3) is 0 Å². The molecule has 6 heteroatoms. The molecule has 1 aromatic heterocycles. The van der Waals surface area contributed by atoms with Crippen LogP contribution >= 0.6 is 0 Å². The van der Waals surface area contributed by atoms with E-state index in [0.717, 1.165) is 33.5 Å². The van der Waals surface area contributed by atoms with Crippen molar-refractivity contribution in [3.05, 3.63) is 76.4 Å². The number of benzene rings is 2. The average Bonchev–Trinajstić information content (AvgIpc) is 2.94. The van der Waals surface area contributed by atoms with Crippen LogP contribution in [0.25, 0.3) is 11.1 Å². The maximum atomic E-state index is 13.5. The summed E-state index contributed by atoms with van der Waals surface area (Å²) in [5, 5.41) is 4.09. The van der Waals surface area contributed by atoms with Crippen LogP contribution in [0, 0.1) is 19.7 Å². The number of carbonyl (C=O) groups is 1. The Morgan fingerprint density at radius 1 is 1.15 bits per heavy atom. The third-order valence-corrected chi connectivity index (χ3v) is 4.77.